The van der Waals surface area contributed by atoms with Crippen LogP contribution in [0.3, 0.4) is 0 Å². The maximum absolute atomic E-state index is 11.8. The van der Waals surface area contributed by atoms with E-state index in [1.807, 2.05) is 0 Å². The molecule has 1 atom stereocenters. The van der Waals surface area contributed by atoms with E-state index in [1.165, 1.54) is 0 Å². The summed E-state index contributed by atoms with van der Waals surface area (Å²) in [5.41, 5.74) is 1.08. The number of hydrogen-bond donors (Lipinski definition) is 2. The fourth-order valence-electron chi connectivity index (χ4n) is 1.31. The van der Waals surface area contributed by atoms with Crippen LogP contribution in [0.5, 0.6) is 0 Å². The number of rotatable bonds is 6. The minimum atomic E-state index is -3.53. The number of halogens is 1. The van der Waals surface area contributed by atoms with Crippen LogP contribution in [0.1, 0.15) is 12.5 Å². The minimum Gasteiger partial charge on any atom is -0.395 e. The summed E-state index contributed by atoms with van der Waals surface area (Å²) in [4.78, 5) is 0.219. The largest absolute Gasteiger partial charge is 0.395 e. The molecule has 1 rings (SSSR count). The molecule has 0 aromatic heterocycles. The van der Waals surface area contributed by atoms with Crippen LogP contribution in [0.4, 0.5) is 0 Å². The van der Waals surface area contributed by atoms with E-state index in [-0.39, 0.29) is 11.5 Å². The van der Waals surface area contributed by atoms with E-state index >= 15 is 0 Å². The first kappa shape index (κ1) is 14.6. The molecule has 0 amide bonds. The van der Waals surface area contributed by atoms with Crippen molar-refractivity contribution in [3.8, 4) is 0 Å². The van der Waals surface area contributed by atoms with Crippen LogP contribution >= 0.6 is 15.9 Å². The van der Waals surface area contributed by atoms with Crippen molar-refractivity contribution in [3.05, 3.63) is 29.8 Å². The highest BCUT2D eigenvalue weighted by Gasteiger charge is 2.16. The van der Waals surface area contributed by atoms with Gasteiger partial charge in [0.25, 0.3) is 0 Å². The number of sulfonamides is 1. The molecule has 1 aromatic carbocycles. The van der Waals surface area contributed by atoms with E-state index < -0.39 is 16.1 Å². The summed E-state index contributed by atoms with van der Waals surface area (Å²) < 4.78 is 26.1. The van der Waals surface area contributed by atoms with Crippen molar-refractivity contribution in [1.82, 2.24) is 4.72 Å². The third-order valence-corrected chi connectivity index (χ3v) is 4.25. The standard InChI is InChI=1S/C11H16BrNO3S/c1-9(8-14)13-17(15,16)11-4-2-10(3-5-11)6-7-12/h2-5,9,13-14H,6-8H2,1H3/t9-/m0/s1. The lowest BCUT2D eigenvalue weighted by Gasteiger charge is -2.11. The van der Waals surface area contributed by atoms with Crippen molar-refractivity contribution in [1.29, 1.82) is 0 Å². The number of hydrogen-bond acceptors (Lipinski definition) is 3. The molecule has 2 N–H and O–H groups in total. The Morgan fingerprint density at radius 1 is 1.35 bits per heavy atom. The summed E-state index contributed by atoms with van der Waals surface area (Å²) in [6.45, 7) is 1.39. The molecule has 0 saturated heterocycles. The Kier molecular flexibility index (Phi) is 5.58. The maximum Gasteiger partial charge on any atom is 0.240 e. The van der Waals surface area contributed by atoms with Crippen LogP contribution in [0.25, 0.3) is 0 Å². The lowest BCUT2D eigenvalue weighted by molar-refractivity contribution is 0.265. The fraction of sp³-hybridized carbons (Fsp3) is 0.455. The quantitative estimate of drug-likeness (QED) is 0.776. The van der Waals surface area contributed by atoms with Gasteiger partial charge >= 0.3 is 0 Å². The zero-order valence-corrected chi connectivity index (χ0v) is 12.0. The number of alkyl halides is 1. The molecule has 0 aliphatic carbocycles. The molecule has 96 valence electrons. The molecular weight excluding hydrogens is 306 g/mol. The van der Waals surface area contributed by atoms with Crippen molar-refractivity contribution < 1.29 is 13.5 Å². The molecule has 1 aromatic rings. The Bertz CT molecular complexity index is 444. The average Bonchev–Trinajstić information content (AvgIpc) is 2.29. The van der Waals surface area contributed by atoms with Crippen LogP contribution < -0.4 is 4.72 Å². The van der Waals surface area contributed by atoms with Gasteiger partial charge in [0.1, 0.15) is 0 Å². The van der Waals surface area contributed by atoms with Crippen molar-refractivity contribution >= 4 is 26.0 Å². The van der Waals surface area contributed by atoms with Gasteiger partial charge in [0, 0.05) is 11.4 Å². The lowest BCUT2D eigenvalue weighted by Crippen LogP contribution is -2.34. The molecule has 0 radical (unpaired) electrons. The van der Waals surface area contributed by atoms with Gasteiger partial charge in [0.2, 0.25) is 10.0 Å². The van der Waals surface area contributed by atoms with Gasteiger partial charge in [-0.15, -0.1) is 0 Å². The van der Waals surface area contributed by atoms with Crippen molar-refractivity contribution in [3.63, 3.8) is 0 Å². The Hall–Kier alpha value is -0.430. The topological polar surface area (TPSA) is 66.4 Å². The van der Waals surface area contributed by atoms with Gasteiger partial charge in [-0.3, -0.25) is 0 Å². The minimum absolute atomic E-state index is 0.219. The molecule has 0 saturated carbocycles. The fourth-order valence-corrected chi connectivity index (χ4v) is 3.01. The SMILES string of the molecule is C[C@@H](CO)NS(=O)(=O)c1ccc(CCBr)cc1. The van der Waals surface area contributed by atoms with Gasteiger partial charge < -0.3 is 5.11 Å². The Labute approximate surface area is 110 Å². The van der Waals surface area contributed by atoms with Gasteiger partial charge in [-0.1, -0.05) is 28.1 Å². The van der Waals surface area contributed by atoms with E-state index in [2.05, 4.69) is 20.7 Å². The van der Waals surface area contributed by atoms with Gasteiger partial charge in [0.15, 0.2) is 0 Å². The molecule has 4 nitrogen and oxygen atoms in total. The summed E-state index contributed by atoms with van der Waals surface area (Å²) in [5, 5.41) is 9.67. The van der Waals surface area contributed by atoms with Gasteiger partial charge in [0.05, 0.1) is 11.5 Å². The van der Waals surface area contributed by atoms with E-state index in [0.717, 1.165) is 17.3 Å². The van der Waals surface area contributed by atoms with Gasteiger partial charge in [-0.25, -0.2) is 13.1 Å². The molecule has 17 heavy (non-hydrogen) atoms. The Morgan fingerprint density at radius 2 is 1.94 bits per heavy atom. The molecule has 0 bridgehead atoms. The van der Waals surface area contributed by atoms with Crippen molar-refractivity contribution in [2.24, 2.45) is 0 Å². The second kappa shape index (κ2) is 6.49. The second-order valence-electron chi connectivity index (χ2n) is 3.79. The van der Waals surface area contributed by atoms with Crippen LogP contribution in [0.15, 0.2) is 29.2 Å². The normalized spacial score (nSPS) is 13.6. The smallest absolute Gasteiger partial charge is 0.240 e. The highest BCUT2D eigenvalue weighted by atomic mass is 79.9. The van der Waals surface area contributed by atoms with Gasteiger partial charge in [-0.2, -0.15) is 0 Å². The summed E-state index contributed by atoms with van der Waals surface area (Å²) in [7, 11) is -3.53. The molecule has 0 heterocycles. The zero-order valence-electron chi connectivity index (χ0n) is 9.56. The summed E-state index contributed by atoms with van der Waals surface area (Å²) in [5.74, 6) is 0. The van der Waals surface area contributed by atoms with E-state index in [0.29, 0.717) is 0 Å². The molecular formula is C11H16BrNO3S. The van der Waals surface area contributed by atoms with E-state index in [9.17, 15) is 8.42 Å². The van der Waals surface area contributed by atoms with Crippen LogP contribution in [-0.2, 0) is 16.4 Å². The molecule has 0 fully saturated rings. The van der Waals surface area contributed by atoms with E-state index in [1.54, 1.807) is 31.2 Å². The molecule has 6 heteroatoms. The summed E-state index contributed by atoms with van der Waals surface area (Å²) >= 11 is 3.33. The number of nitrogens with one attached hydrogen (secondary N) is 1. The van der Waals surface area contributed by atoms with Crippen molar-refractivity contribution in [2.45, 2.75) is 24.3 Å². The number of aliphatic hydroxyl groups is 1. The summed E-state index contributed by atoms with van der Waals surface area (Å²) in [6, 6.07) is 6.25. The Morgan fingerprint density at radius 3 is 2.41 bits per heavy atom. The van der Waals surface area contributed by atoms with Gasteiger partial charge in [-0.05, 0) is 31.0 Å². The number of benzene rings is 1. The third kappa shape index (κ3) is 4.39. The third-order valence-electron chi connectivity index (χ3n) is 2.25. The van der Waals surface area contributed by atoms with Crippen LogP contribution in [-0.4, -0.2) is 31.5 Å². The highest BCUT2D eigenvalue weighted by Crippen LogP contribution is 2.12. The first-order valence-corrected chi connectivity index (χ1v) is 7.88. The lowest BCUT2D eigenvalue weighted by atomic mass is 10.2. The predicted molar refractivity (Wildman–Crippen MR) is 70.8 cm³/mol. The van der Waals surface area contributed by atoms with Crippen LogP contribution in [0, 0.1) is 0 Å². The number of aliphatic hydroxyl groups excluding tert-OH is 1. The summed E-state index contributed by atoms with van der Waals surface area (Å²) in [6.07, 6.45) is 0.862. The number of aryl methyl sites for hydroxylation is 1. The molecule has 0 aliphatic rings. The Balaban J connectivity index is 2.85. The maximum atomic E-state index is 11.8. The first-order chi connectivity index (χ1) is 7.99. The molecule has 0 spiro atoms. The van der Waals surface area contributed by atoms with E-state index in [4.69, 9.17) is 5.11 Å². The first-order valence-electron chi connectivity index (χ1n) is 5.27. The highest BCUT2D eigenvalue weighted by molar-refractivity contribution is 9.09. The van der Waals surface area contributed by atoms with Crippen molar-refractivity contribution in [2.75, 3.05) is 11.9 Å². The average molecular weight is 322 g/mol. The molecule has 0 unspecified atom stereocenters. The predicted octanol–water partition coefficient (Wildman–Crippen LogP) is 1.28. The monoisotopic (exact) mass is 321 g/mol. The zero-order chi connectivity index (χ0) is 12.9. The molecule has 0 aliphatic heterocycles. The second-order valence-corrected chi connectivity index (χ2v) is 6.29. The van der Waals surface area contributed by atoms with Crippen LogP contribution in [0.2, 0.25) is 0 Å².